The number of pyridine rings is 1. The van der Waals surface area contributed by atoms with E-state index in [0.717, 1.165) is 43.6 Å². The first-order valence-electron chi connectivity index (χ1n) is 9.40. The van der Waals surface area contributed by atoms with Gasteiger partial charge in [0.2, 0.25) is 0 Å². The molecule has 1 saturated heterocycles. The molecule has 1 N–H and O–H groups in total. The second-order valence-electron chi connectivity index (χ2n) is 6.64. The molecule has 0 aliphatic carbocycles. The van der Waals surface area contributed by atoms with Crippen LogP contribution in [0.4, 0.5) is 17.3 Å². The van der Waals surface area contributed by atoms with Crippen molar-refractivity contribution in [1.82, 2.24) is 15.0 Å². The molecule has 1 aliphatic rings. The fraction of sp³-hybridized carbons (Fsp3) is 0.286. The first-order valence-corrected chi connectivity index (χ1v) is 9.40. The number of piperazine rings is 1. The summed E-state index contributed by atoms with van der Waals surface area (Å²) in [6.45, 7) is 4.47. The molecule has 0 atom stereocenters. The lowest BCUT2D eigenvalue weighted by Gasteiger charge is -2.36. The minimum absolute atomic E-state index is 0.713. The van der Waals surface area contributed by atoms with Crippen molar-refractivity contribution in [3.8, 4) is 5.75 Å². The molecule has 7 nitrogen and oxygen atoms in total. The predicted octanol–water partition coefficient (Wildman–Crippen LogP) is 2.82. The molecule has 0 bridgehead atoms. The Hall–Kier alpha value is -3.35. The summed E-state index contributed by atoms with van der Waals surface area (Å²) in [5, 5.41) is 3.36. The first-order chi connectivity index (χ1) is 13.8. The molecule has 1 fully saturated rings. The van der Waals surface area contributed by atoms with Crippen molar-refractivity contribution >= 4 is 17.3 Å². The van der Waals surface area contributed by atoms with E-state index >= 15 is 0 Å². The summed E-state index contributed by atoms with van der Waals surface area (Å²) in [4.78, 5) is 17.5. The lowest BCUT2D eigenvalue weighted by atomic mass is 10.2. The zero-order valence-electron chi connectivity index (χ0n) is 16.0. The van der Waals surface area contributed by atoms with Gasteiger partial charge in [0.15, 0.2) is 0 Å². The fourth-order valence-corrected chi connectivity index (χ4v) is 3.30. The molecule has 0 radical (unpaired) electrons. The molecule has 2 aromatic heterocycles. The largest absolute Gasteiger partial charge is 0.497 e. The highest BCUT2D eigenvalue weighted by Gasteiger charge is 2.18. The van der Waals surface area contributed by atoms with Crippen LogP contribution in [0.2, 0.25) is 0 Å². The molecule has 0 saturated carbocycles. The van der Waals surface area contributed by atoms with Crippen LogP contribution in [0, 0.1) is 0 Å². The molecular formula is C21H24N6O. The van der Waals surface area contributed by atoms with Gasteiger partial charge in [-0.3, -0.25) is 4.98 Å². The molecule has 3 aromatic rings. The number of rotatable bonds is 6. The van der Waals surface area contributed by atoms with Gasteiger partial charge in [-0.1, -0.05) is 0 Å². The minimum Gasteiger partial charge on any atom is -0.497 e. The van der Waals surface area contributed by atoms with Gasteiger partial charge >= 0.3 is 0 Å². The highest BCUT2D eigenvalue weighted by molar-refractivity contribution is 5.53. The predicted molar refractivity (Wildman–Crippen MR) is 111 cm³/mol. The number of hydrogen-bond donors (Lipinski definition) is 1. The van der Waals surface area contributed by atoms with Gasteiger partial charge in [0, 0.05) is 56.9 Å². The Kier molecular flexibility index (Phi) is 5.51. The average Bonchev–Trinajstić information content (AvgIpc) is 2.79. The van der Waals surface area contributed by atoms with E-state index in [-0.39, 0.29) is 0 Å². The van der Waals surface area contributed by atoms with Gasteiger partial charge in [-0.15, -0.1) is 0 Å². The fourth-order valence-electron chi connectivity index (χ4n) is 3.30. The topological polar surface area (TPSA) is 66.4 Å². The van der Waals surface area contributed by atoms with Crippen molar-refractivity contribution in [1.29, 1.82) is 0 Å². The van der Waals surface area contributed by atoms with Crippen LogP contribution in [0.3, 0.4) is 0 Å². The van der Waals surface area contributed by atoms with Gasteiger partial charge in [0.25, 0.3) is 0 Å². The second kappa shape index (κ2) is 8.56. The van der Waals surface area contributed by atoms with Crippen LogP contribution in [0.15, 0.2) is 61.2 Å². The van der Waals surface area contributed by atoms with Gasteiger partial charge in [-0.05, 0) is 42.0 Å². The summed E-state index contributed by atoms with van der Waals surface area (Å²) in [5.74, 6) is 2.68. The van der Waals surface area contributed by atoms with E-state index in [1.165, 1.54) is 11.3 Å². The van der Waals surface area contributed by atoms with Crippen LogP contribution >= 0.6 is 0 Å². The van der Waals surface area contributed by atoms with Gasteiger partial charge in [-0.25, -0.2) is 9.97 Å². The zero-order valence-corrected chi connectivity index (χ0v) is 16.0. The lowest BCUT2D eigenvalue weighted by molar-refractivity contribution is 0.415. The average molecular weight is 376 g/mol. The lowest BCUT2D eigenvalue weighted by Crippen LogP contribution is -2.46. The van der Waals surface area contributed by atoms with Gasteiger partial charge in [0.05, 0.1) is 7.11 Å². The Bertz CT molecular complexity index is 879. The van der Waals surface area contributed by atoms with Crippen LogP contribution in [0.1, 0.15) is 5.56 Å². The molecule has 1 aliphatic heterocycles. The van der Waals surface area contributed by atoms with Crippen LogP contribution in [-0.4, -0.2) is 48.2 Å². The number of ether oxygens (including phenoxy) is 1. The number of nitrogens with zero attached hydrogens (tertiary/aromatic N) is 5. The maximum absolute atomic E-state index is 5.24. The maximum atomic E-state index is 5.24. The van der Waals surface area contributed by atoms with E-state index in [9.17, 15) is 0 Å². The van der Waals surface area contributed by atoms with Crippen LogP contribution < -0.4 is 19.9 Å². The highest BCUT2D eigenvalue weighted by Crippen LogP contribution is 2.22. The second-order valence-corrected chi connectivity index (χ2v) is 6.64. The zero-order chi connectivity index (χ0) is 19.2. The summed E-state index contributed by atoms with van der Waals surface area (Å²) in [6.07, 6.45) is 5.22. The molecule has 0 spiro atoms. The Morgan fingerprint density at radius 2 is 1.64 bits per heavy atom. The summed E-state index contributed by atoms with van der Waals surface area (Å²) in [6, 6.07) is 14.2. The first kappa shape index (κ1) is 18.0. The van der Waals surface area contributed by atoms with E-state index in [2.05, 4.69) is 42.2 Å². The summed E-state index contributed by atoms with van der Waals surface area (Å²) >= 11 is 0. The van der Waals surface area contributed by atoms with Gasteiger partial charge in [0.1, 0.15) is 23.7 Å². The Labute approximate surface area is 165 Å². The third-order valence-electron chi connectivity index (χ3n) is 4.92. The van der Waals surface area contributed by atoms with Crippen molar-refractivity contribution in [2.75, 3.05) is 48.4 Å². The van der Waals surface area contributed by atoms with Crippen molar-refractivity contribution in [3.63, 3.8) is 0 Å². The normalized spacial score (nSPS) is 14.0. The third kappa shape index (κ3) is 4.31. The number of nitrogens with one attached hydrogen (secondary N) is 1. The van der Waals surface area contributed by atoms with Crippen LogP contribution in [0.25, 0.3) is 0 Å². The number of anilines is 3. The molecule has 7 heteroatoms. The van der Waals surface area contributed by atoms with Crippen LogP contribution in [-0.2, 0) is 6.54 Å². The van der Waals surface area contributed by atoms with Crippen LogP contribution in [0.5, 0.6) is 5.75 Å². The summed E-state index contributed by atoms with van der Waals surface area (Å²) in [5.41, 5.74) is 2.39. The van der Waals surface area contributed by atoms with E-state index in [4.69, 9.17) is 4.74 Å². The summed E-state index contributed by atoms with van der Waals surface area (Å²) < 4.78 is 5.24. The maximum Gasteiger partial charge on any atom is 0.134 e. The Morgan fingerprint density at radius 1 is 0.929 bits per heavy atom. The molecule has 4 rings (SSSR count). The molecular weight excluding hydrogens is 352 g/mol. The smallest absolute Gasteiger partial charge is 0.134 e. The number of aromatic nitrogens is 3. The monoisotopic (exact) mass is 376 g/mol. The molecule has 1 aromatic carbocycles. The van der Waals surface area contributed by atoms with Gasteiger partial charge < -0.3 is 19.9 Å². The van der Waals surface area contributed by atoms with Crippen molar-refractivity contribution in [2.45, 2.75) is 6.54 Å². The van der Waals surface area contributed by atoms with E-state index in [1.54, 1.807) is 25.8 Å². The standard InChI is InChI=1S/C21H24N6O/c1-28-19-4-2-18(3-5-19)26-10-12-27(13-11-26)21-14-20(24-16-25-21)23-15-17-6-8-22-9-7-17/h2-9,14,16H,10-13,15H2,1H3,(H,23,24,25). The number of hydrogen-bond acceptors (Lipinski definition) is 7. The summed E-state index contributed by atoms with van der Waals surface area (Å²) in [7, 11) is 1.69. The van der Waals surface area contributed by atoms with E-state index in [1.807, 2.05) is 30.3 Å². The van der Waals surface area contributed by atoms with Gasteiger partial charge in [-0.2, -0.15) is 0 Å². The SMILES string of the molecule is COc1ccc(N2CCN(c3cc(NCc4ccncc4)ncn3)CC2)cc1. The third-order valence-corrected chi connectivity index (χ3v) is 4.92. The molecule has 0 amide bonds. The van der Waals surface area contributed by atoms with Crippen molar-refractivity contribution in [2.24, 2.45) is 0 Å². The Morgan fingerprint density at radius 3 is 2.36 bits per heavy atom. The minimum atomic E-state index is 0.713. The van der Waals surface area contributed by atoms with Crippen molar-refractivity contribution < 1.29 is 4.74 Å². The molecule has 0 unspecified atom stereocenters. The van der Waals surface area contributed by atoms with E-state index < -0.39 is 0 Å². The van der Waals surface area contributed by atoms with Crippen molar-refractivity contribution in [3.05, 3.63) is 66.7 Å². The molecule has 144 valence electrons. The quantitative estimate of drug-likeness (QED) is 0.709. The number of benzene rings is 1. The Balaban J connectivity index is 1.35. The number of methoxy groups -OCH3 is 1. The van der Waals surface area contributed by atoms with E-state index in [0.29, 0.717) is 6.54 Å². The molecule has 3 heterocycles. The molecule has 28 heavy (non-hydrogen) atoms. The highest BCUT2D eigenvalue weighted by atomic mass is 16.5.